The fraction of sp³-hybridized carbons (Fsp3) is 0.444. The molecule has 0 unspecified atom stereocenters. The quantitative estimate of drug-likeness (QED) is 0.736. The molecule has 3 heterocycles. The van der Waals surface area contributed by atoms with Crippen molar-refractivity contribution in [2.24, 2.45) is 7.05 Å². The molecule has 1 aliphatic heterocycles. The lowest BCUT2D eigenvalue weighted by molar-refractivity contribution is -0.0410. The molecule has 0 N–H and O–H groups in total. The smallest absolute Gasteiger partial charge is 0.123 e. The number of ether oxygens (including phenoxy) is 1. The summed E-state index contributed by atoms with van der Waals surface area (Å²) in [6.45, 7) is 6.31. The molecule has 126 valence electrons. The Morgan fingerprint density at radius 1 is 1.29 bits per heavy atom. The lowest BCUT2D eigenvalue weighted by Crippen LogP contribution is -2.44. The number of rotatable bonds is 4. The van der Waals surface area contributed by atoms with E-state index >= 15 is 0 Å². The maximum absolute atomic E-state index is 5.92. The maximum Gasteiger partial charge on any atom is 0.123 e. The highest BCUT2D eigenvalue weighted by molar-refractivity contribution is 5.75. The summed E-state index contributed by atoms with van der Waals surface area (Å²) in [6, 6.07) is 8.29. The summed E-state index contributed by atoms with van der Waals surface area (Å²) < 4.78 is 10.1. The van der Waals surface area contributed by atoms with E-state index in [1.165, 1.54) is 11.1 Å². The summed E-state index contributed by atoms with van der Waals surface area (Å²) in [7, 11) is 2.09. The lowest BCUT2D eigenvalue weighted by atomic mass is 10.2. The Balaban J connectivity index is 1.44. The largest absolute Gasteiger partial charge is 0.374 e. The standard InChI is InChI=1S/C18H23N5O/c1-14-9-19-23(10-14)12-15-11-22(7-8-24-15)13-18-20-16-5-3-4-6-17(16)21(18)2/h3-6,9-10,15H,7-8,11-13H2,1-2H3/t15-/m0/s1. The van der Waals surface area contributed by atoms with Crippen LogP contribution in [0.5, 0.6) is 0 Å². The number of fused-ring (bicyclic) bond motifs is 1. The number of morpholine rings is 1. The summed E-state index contributed by atoms with van der Waals surface area (Å²) >= 11 is 0. The van der Waals surface area contributed by atoms with Gasteiger partial charge in [-0.3, -0.25) is 9.58 Å². The first-order valence-corrected chi connectivity index (χ1v) is 8.42. The van der Waals surface area contributed by atoms with Crippen LogP contribution in [0.4, 0.5) is 0 Å². The molecule has 6 nitrogen and oxygen atoms in total. The van der Waals surface area contributed by atoms with Crippen LogP contribution in [0.15, 0.2) is 36.7 Å². The van der Waals surface area contributed by atoms with Crippen LogP contribution in [-0.2, 0) is 24.9 Å². The van der Waals surface area contributed by atoms with Gasteiger partial charge in [0.1, 0.15) is 5.82 Å². The predicted octanol–water partition coefficient (Wildman–Crippen LogP) is 1.98. The molecule has 4 rings (SSSR count). The van der Waals surface area contributed by atoms with Gasteiger partial charge in [-0.15, -0.1) is 0 Å². The van der Waals surface area contributed by atoms with Crippen molar-refractivity contribution in [3.05, 3.63) is 48.0 Å². The number of imidazole rings is 1. The highest BCUT2D eigenvalue weighted by Crippen LogP contribution is 2.17. The molecule has 2 aromatic heterocycles. The minimum absolute atomic E-state index is 0.174. The van der Waals surface area contributed by atoms with Gasteiger partial charge in [0.05, 0.1) is 43.0 Å². The first kappa shape index (κ1) is 15.4. The third-order valence-corrected chi connectivity index (χ3v) is 4.62. The molecule has 24 heavy (non-hydrogen) atoms. The van der Waals surface area contributed by atoms with Crippen LogP contribution in [0.2, 0.25) is 0 Å². The highest BCUT2D eigenvalue weighted by Gasteiger charge is 2.22. The molecule has 3 aromatic rings. The molecule has 0 spiro atoms. The van der Waals surface area contributed by atoms with Gasteiger partial charge >= 0.3 is 0 Å². The van der Waals surface area contributed by atoms with Gasteiger partial charge in [0.2, 0.25) is 0 Å². The number of benzene rings is 1. The van der Waals surface area contributed by atoms with Gasteiger partial charge < -0.3 is 9.30 Å². The molecular weight excluding hydrogens is 302 g/mol. The molecule has 1 aromatic carbocycles. The Labute approximate surface area is 141 Å². The Kier molecular flexibility index (Phi) is 4.08. The molecule has 0 bridgehead atoms. The summed E-state index contributed by atoms with van der Waals surface area (Å²) in [6.07, 6.45) is 4.13. The minimum Gasteiger partial charge on any atom is -0.374 e. The van der Waals surface area contributed by atoms with Crippen LogP contribution >= 0.6 is 0 Å². The van der Waals surface area contributed by atoms with Crippen molar-refractivity contribution < 1.29 is 4.74 Å². The molecule has 6 heteroatoms. The molecule has 1 atom stereocenters. The van der Waals surface area contributed by atoms with Crippen LogP contribution < -0.4 is 0 Å². The highest BCUT2D eigenvalue weighted by atomic mass is 16.5. The molecule has 0 saturated carbocycles. The van der Waals surface area contributed by atoms with Crippen LogP contribution in [0.3, 0.4) is 0 Å². The van der Waals surface area contributed by atoms with Crippen molar-refractivity contribution in [1.29, 1.82) is 0 Å². The maximum atomic E-state index is 5.92. The molecule has 1 saturated heterocycles. The number of para-hydroxylation sites is 2. The van der Waals surface area contributed by atoms with Crippen molar-refractivity contribution in [2.75, 3.05) is 19.7 Å². The molecule has 0 radical (unpaired) electrons. The average molecular weight is 325 g/mol. The summed E-state index contributed by atoms with van der Waals surface area (Å²) in [5.41, 5.74) is 3.43. The molecule has 0 aliphatic carbocycles. The second-order valence-corrected chi connectivity index (χ2v) is 6.54. The third kappa shape index (κ3) is 3.07. The van der Waals surface area contributed by atoms with Crippen LogP contribution in [0.1, 0.15) is 11.4 Å². The van der Waals surface area contributed by atoms with Crippen molar-refractivity contribution in [1.82, 2.24) is 24.2 Å². The fourth-order valence-electron chi connectivity index (χ4n) is 3.35. The van der Waals surface area contributed by atoms with Crippen molar-refractivity contribution in [2.45, 2.75) is 26.1 Å². The number of hydrogen-bond acceptors (Lipinski definition) is 4. The van der Waals surface area contributed by atoms with Gasteiger partial charge in [0.15, 0.2) is 0 Å². The van der Waals surface area contributed by atoms with E-state index in [-0.39, 0.29) is 6.10 Å². The second-order valence-electron chi connectivity index (χ2n) is 6.54. The van der Waals surface area contributed by atoms with Crippen molar-refractivity contribution in [3.8, 4) is 0 Å². The Morgan fingerprint density at radius 2 is 2.17 bits per heavy atom. The molecule has 0 amide bonds. The van der Waals surface area contributed by atoms with E-state index < -0.39 is 0 Å². The van der Waals surface area contributed by atoms with Crippen molar-refractivity contribution >= 4 is 11.0 Å². The zero-order chi connectivity index (χ0) is 16.5. The van der Waals surface area contributed by atoms with Crippen LogP contribution in [-0.4, -0.2) is 50.0 Å². The zero-order valence-corrected chi connectivity index (χ0v) is 14.2. The van der Waals surface area contributed by atoms with Crippen LogP contribution in [0, 0.1) is 6.92 Å². The molecule has 1 aliphatic rings. The number of aryl methyl sites for hydroxylation is 2. The minimum atomic E-state index is 0.174. The van der Waals surface area contributed by atoms with E-state index in [0.29, 0.717) is 0 Å². The molecule has 1 fully saturated rings. The first-order chi connectivity index (χ1) is 11.7. The fourth-order valence-corrected chi connectivity index (χ4v) is 3.35. The van der Waals surface area contributed by atoms with Gasteiger partial charge in [-0.1, -0.05) is 12.1 Å². The van der Waals surface area contributed by atoms with E-state index in [0.717, 1.165) is 44.1 Å². The monoisotopic (exact) mass is 325 g/mol. The topological polar surface area (TPSA) is 48.1 Å². The van der Waals surface area contributed by atoms with Crippen LogP contribution in [0.25, 0.3) is 11.0 Å². The summed E-state index contributed by atoms with van der Waals surface area (Å²) in [5, 5.41) is 4.36. The van der Waals surface area contributed by atoms with Gasteiger partial charge in [0.25, 0.3) is 0 Å². The van der Waals surface area contributed by atoms with E-state index in [2.05, 4.69) is 52.9 Å². The van der Waals surface area contributed by atoms with E-state index in [1.54, 1.807) is 0 Å². The lowest BCUT2D eigenvalue weighted by Gasteiger charge is -2.32. The van der Waals surface area contributed by atoms with Crippen molar-refractivity contribution in [3.63, 3.8) is 0 Å². The van der Waals surface area contributed by atoms with Gasteiger partial charge in [-0.25, -0.2) is 4.98 Å². The van der Waals surface area contributed by atoms with E-state index in [9.17, 15) is 0 Å². The second kappa shape index (κ2) is 6.37. The van der Waals surface area contributed by atoms with Gasteiger partial charge in [0, 0.05) is 26.3 Å². The number of nitrogens with zero attached hydrogens (tertiary/aromatic N) is 5. The van der Waals surface area contributed by atoms with E-state index in [4.69, 9.17) is 9.72 Å². The zero-order valence-electron chi connectivity index (χ0n) is 14.2. The Bertz CT molecular complexity index is 837. The summed E-state index contributed by atoms with van der Waals surface area (Å²) in [4.78, 5) is 7.20. The Morgan fingerprint density at radius 3 is 2.96 bits per heavy atom. The molecular formula is C18H23N5O. The van der Waals surface area contributed by atoms with Gasteiger partial charge in [-0.2, -0.15) is 5.10 Å². The average Bonchev–Trinajstić information content (AvgIpc) is 3.12. The summed E-state index contributed by atoms with van der Waals surface area (Å²) in [5.74, 6) is 1.10. The van der Waals surface area contributed by atoms with Gasteiger partial charge in [-0.05, 0) is 24.6 Å². The normalized spacial score (nSPS) is 19.2. The number of aromatic nitrogens is 4. The number of hydrogen-bond donors (Lipinski definition) is 0. The van der Waals surface area contributed by atoms with E-state index in [1.807, 2.05) is 16.9 Å². The third-order valence-electron chi connectivity index (χ3n) is 4.62. The Hall–Kier alpha value is -2.18. The predicted molar refractivity (Wildman–Crippen MR) is 92.7 cm³/mol. The SMILES string of the molecule is Cc1cnn(C[C@@H]2CN(Cc3nc4ccccc4n3C)CCO2)c1. The first-order valence-electron chi connectivity index (χ1n) is 8.42.